The number of benzene rings is 2. The van der Waals surface area contributed by atoms with Gasteiger partial charge in [0.1, 0.15) is 11.6 Å². The van der Waals surface area contributed by atoms with E-state index in [-0.39, 0.29) is 16.5 Å². The smallest absolute Gasteiger partial charge is 0.265 e. The lowest BCUT2D eigenvalue weighted by Crippen LogP contribution is -2.34. The van der Waals surface area contributed by atoms with Crippen molar-refractivity contribution in [2.24, 2.45) is 0 Å². The van der Waals surface area contributed by atoms with Gasteiger partial charge < -0.3 is 15.4 Å². The summed E-state index contributed by atoms with van der Waals surface area (Å²) in [6.07, 6.45) is -0.578. The zero-order valence-corrected chi connectivity index (χ0v) is 12.8. The van der Waals surface area contributed by atoms with Gasteiger partial charge in [-0.25, -0.2) is 4.39 Å². The number of carbonyl (C=O) groups excluding carboxylic acids is 2. The van der Waals surface area contributed by atoms with Crippen LogP contribution >= 0.6 is 11.6 Å². The average molecular weight is 335 g/mol. The summed E-state index contributed by atoms with van der Waals surface area (Å²) < 4.78 is 19.2. The van der Waals surface area contributed by atoms with Crippen molar-refractivity contribution in [2.45, 2.75) is 13.0 Å². The molecule has 0 aromatic heterocycles. The standard InChI is InChI=1S/C16H12ClFN2O3/c1-8-15(21)20-13-7-10(3-5-14(13)23-8)19-16(22)11-4-2-9(17)6-12(11)18/h2-8H,1H3,(H,19,22)(H,20,21). The van der Waals surface area contributed by atoms with E-state index >= 15 is 0 Å². The Bertz CT molecular complexity index is 810. The summed E-state index contributed by atoms with van der Waals surface area (Å²) in [5, 5.41) is 5.45. The van der Waals surface area contributed by atoms with Crippen molar-refractivity contribution in [3.05, 3.63) is 52.8 Å². The molecule has 1 atom stereocenters. The summed E-state index contributed by atoms with van der Waals surface area (Å²) in [4.78, 5) is 23.7. The first-order chi connectivity index (χ1) is 10.9. The van der Waals surface area contributed by atoms with Crippen molar-refractivity contribution < 1.29 is 18.7 Å². The van der Waals surface area contributed by atoms with Crippen LogP contribution in [0.1, 0.15) is 17.3 Å². The predicted octanol–water partition coefficient (Wildman–Crippen LogP) is 3.45. The van der Waals surface area contributed by atoms with Crippen LogP contribution in [0.25, 0.3) is 0 Å². The minimum absolute atomic E-state index is 0.124. The highest BCUT2D eigenvalue weighted by atomic mass is 35.5. The minimum Gasteiger partial charge on any atom is -0.479 e. The highest BCUT2D eigenvalue weighted by molar-refractivity contribution is 6.30. The lowest BCUT2D eigenvalue weighted by Gasteiger charge is -2.23. The molecule has 0 saturated heterocycles. The quantitative estimate of drug-likeness (QED) is 0.884. The SMILES string of the molecule is CC1Oc2ccc(NC(=O)c3ccc(Cl)cc3F)cc2NC1=O. The molecule has 1 heterocycles. The molecule has 0 aliphatic carbocycles. The summed E-state index contributed by atoms with van der Waals surface area (Å²) >= 11 is 5.66. The van der Waals surface area contributed by atoms with Crippen molar-refractivity contribution >= 4 is 34.8 Å². The van der Waals surface area contributed by atoms with Gasteiger partial charge in [-0.3, -0.25) is 9.59 Å². The molecule has 1 unspecified atom stereocenters. The molecule has 2 N–H and O–H groups in total. The number of fused-ring (bicyclic) bond motifs is 1. The van der Waals surface area contributed by atoms with Crippen LogP contribution in [0.15, 0.2) is 36.4 Å². The molecule has 1 aliphatic rings. The zero-order valence-electron chi connectivity index (χ0n) is 12.0. The maximum atomic E-state index is 13.7. The maximum absolute atomic E-state index is 13.7. The highest BCUT2D eigenvalue weighted by Gasteiger charge is 2.23. The van der Waals surface area contributed by atoms with E-state index in [1.807, 2.05) is 0 Å². The Kier molecular flexibility index (Phi) is 3.92. The molecule has 2 aromatic rings. The number of carbonyl (C=O) groups is 2. The second kappa shape index (κ2) is 5.89. The molecule has 0 radical (unpaired) electrons. The van der Waals surface area contributed by atoms with Crippen LogP contribution in [0.4, 0.5) is 15.8 Å². The summed E-state index contributed by atoms with van der Waals surface area (Å²) in [5.41, 5.74) is 0.727. The molecule has 0 spiro atoms. The second-order valence-electron chi connectivity index (χ2n) is 5.04. The third-order valence-electron chi connectivity index (χ3n) is 3.34. The van der Waals surface area contributed by atoms with Crippen molar-refractivity contribution in [1.82, 2.24) is 0 Å². The maximum Gasteiger partial charge on any atom is 0.265 e. The lowest BCUT2D eigenvalue weighted by molar-refractivity contribution is -0.122. The Morgan fingerprint density at radius 3 is 2.83 bits per heavy atom. The van der Waals surface area contributed by atoms with Gasteiger partial charge in [0.2, 0.25) is 0 Å². The van der Waals surface area contributed by atoms with E-state index in [4.69, 9.17) is 16.3 Å². The normalized spacial score (nSPS) is 16.1. The molecule has 1 aliphatic heterocycles. The lowest BCUT2D eigenvalue weighted by atomic mass is 10.1. The van der Waals surface area contributed by atoms with Crippen LogP contribution in [-0.2, 0) is 4.79 Å². The van der Waals surface area contributed by atoms with Gasteiger partial charge >= 0.3 is 0 Å². The molecule has 0 bridgehead atoms. The Morgan fingerprint density at radius 1 is 1.30 bits per heavy atom. The van der Waals surface area contributed by atoms with Gasteiger partial charge in [0.15, 0.2) is 6.10 Å². The van der Waals surface area contributed by atoms with Gasteiger partial charge in [0, 0.05) is 10.7 Å². The summed E-state index contributed by atoms with van der Waals surface area (Å²) in [7, 11) is 0. The Labute approximate surface area is 136 Å². The van der Waals surface area contributed by atoms with E-state index in [9.17, 15) is 14.0 Å². The van der Waals surface area contributed by atoms with E-state index in [1.54, 1.807) is 25.1 Å². The topological polar surface area (TPSA) is 67.4 Å². The Morgan fingerprint density at radius 2 is 2.09 bits per heavy atom. The third kappa shape index (κ3) is 3.12. The number of hydrogen-bond donors (Lipinski definition) is 2. The van der Waals surface area contributed by atoms with Gasteiger partial charge in [-0.05, 0) is 43.3 Å². The fraction of sp³-hybridized carbons (Fsp3) is 0.125. The first-order valence-electron chi connectivity index (χ1n) is 6.82. The van der Waals surface area contributed by atoms with E-state index in [1.165, 1.54) is 12.1 Å². The van der Waals surface area contributed by atoms with Crippen LogP contribution in [-0.4, -0.2) is 17.9 Å². The molecule has 7 heteroatoms. The monoisotopic (exact) mass is 334 g/mol. The number of hydrogen-bond acceptors (Lipinski definition) is 3. The number of halogens is 2. The molecule has 2 amide bonds. The fourth-order valence-electron chi connectivity index (χ4n) is 2.16. The minimum atomic E-state index is -0.710. The highest BCUT2D eigenvalue weighted by Crippen LogP contribution is 2.32. The third-order valence-corrected chi connectivity index (χ3v) is 3.58. The van der Waals surface area contributed by atoms with Gasteiger partial charge in [0.05, 0.1) is 11.3 Å². The first kappa shape index (κ1) is 15.3. The predicted molar refractivity (Wildman–Crippen MR) is 84.5 cm³/mol. The van der Waals surface area contributed by atoms with Crippen molar-refractivity contribution in [3.8, 4) is 5.75 Å². The van der Waals surface area contributed by atoms with Gasteiger partial charge in [-0.1, -0.05) is 11.6 Å². The second-order valence-corrected chi connectivity index (χ2v) is 5.47. The Balaban J connectivity index is 1.82. The molecule has 0 saturated carbocycles. The largest absolute Gasteiger partial charge is 0.479 e. The van der Waals surface area contributed by atoms with Crippen molar-refractivity contribution in [3.63, 3.8) is 0 Å². The van der Waals surface area contributed by atoms with Crippen LogP contribution in [0, 0.1) is 5.82 Å². The molecule has 0 fully saturated rings. The summed E-state index contributed by atoms with van der Waals surface area (Å²) in [6, 6.07) is 8.58. The average Bonchev–Trinajstić information content (AvgIpc) is 2.48. The summed E-state index contributed by atoms with van der Waals surface area (Å²) in [5.74, 6) is -1.09. The van der Waals surface area contributed by atoms with Crippen molar-refractivity contribution in [2.75, 3.05) is 10.6 Å². The summed E-state index contributed by atoms with van der Waals surface area (Å²) in [6.45, 7) is 1.64. The molecule has 5 nitrogen and oxygen atoms in total. The van der Waals surface area contributed by atoms with Crippen LogP contribution < -0.4 is 15.4 Å². The molecular formula is C16H12ClFN2O3. The molecule has 118 valence electrons. The van der Waals surface area contributed by atoms with Gasteiger partial charge in [-0.15, -0.1) is 0 Å². The number of ether oxygens (including phenoxy) is 1. The molecular weight excluding hydrogens is 323 g/mol. The van der Waals surface area contributed by atoms with Gasteiger partial charge in [0.25, 0.3) is 11.8 Å². The fourth-order valence-corrected chi connectivity index (χ4v) is 2.32. The van der Waals surface area contributed by atoms with Gasteiger partial charge in [-0.2, -0.15) is 0 Å². The van der Waals surface area contributed by atoms with E-state index < -0.39 is 17.8 Å². The number of anilines is 2. The van der Waals surface area contributed by atoms with Crippen LogP contribution in [0.3, 0.4) is 0 Å². The zero-order chi connectivity index (χ0) is 16.6. The molecule has 23 heavy (non-hydrogen) atoms. The number of nitrogens with one attached hydrogen (secondary N) is 2. The number of rotatable bonds is 2. The van der Waals surface area contributed by atoms with Crippen LogP contribution in [0.2, 0.25) is 5.02 Å². The first-order valence-corrected chi connectivity index (χ1v) is 7.20. The number of amides is 2. The van der Waals surface area contributed by atoms with E-state index in [0.29, 0.717) is 17.1 Å². The van der Waals surface area contributed by atoms with E-state index in [0.717, 1.165) is 6.07 Å². The Hall–Kier alpha value is -2.60. The van der Waals surface area contributed by atoms with E-state index in [2.05, 4.69) is 10.6 Å². The molecule has 2 aromatic carbocycles. The van der Waals surface area contributed by atoms with Crippen molar-refractivity contribution in [1.29, 1.82) is 0 Å². The molecule has 3 rings (SSSR count). The van der Waals surface area contributed by atoms with Crippen LogP contribution in [0.5, 0.6) is 5.75 Å².